The van der Waals surface area contributed by atoms with Gasteiger partial charge in [-0.1, -0.05) is 32.0 Å². The van der Waals surface area contributed by atoms with E-state index in [1.807, 2.05) is 62.7 Å². The van der Waals surface area contributed by atoms with Gasteiger partial charge in [0.05, 0.1) is 0 Å². The van der Waals surface area contributed by atoms with Crippen molar-refractivity contribution in [1.82, 2.24) is 14.8 Å². The van der Waals surface area contributed by atoms with Crippen molar-refractivity contribution < 1.29 is 4.79 Å². The zero-order valence-corrected chi connectivity index (χ0v) is 12.6. The van der Waals surface area contributed by atoms with Crippen molar-refractivity contribution >= 4 is 11.6 Å². The average molecular weight is 274 g/mol. The minimum absolute atomic E-state index is 0.0122. The number of aromatic nitrogens is 3. The summed E-state index contributed by atoms with van der Waals surface area (Å²) in [5.74, 6) is 1.67. The normalized spacial score (nSPS) is 9.60. The quantitative estimate of drug-likeness (QED) is 0.932. The van der Waals surface area contributed by atoms with Gasteiger partial charge in [0.15, 0.2) is 0 Å². The van der Waals surface area contributed by atoms with Crippen LogP contribution in [0.4, 0.5) is 5.69 Å². The number of carbonyl (C=O) groups is 1. The lowest BCUT2D eigenvalue weighted by Crippen LogP contribution is -2.13. The van der Waals surface area contributed by atoms with Gasteiger partial charge in [0.25, 0.3) is 0 Å². The molecule has 1 aromatic carbocycles. The summed E-state index contributed by atoms with van der Waals surface area (Å²) < 4.78 is 1.90. The van der Waals surface area contributed by atoms with Crippen molar-refractivity contribution in [2.24, 2.45) is 7.05 Å². The maximum Gasteiger partial charge on any atom is 0.224 e. The number of nitrogens with zero attached hydrogens (tertiary/aromatic N) is 3. The van der Waals surface area contributed by atoms with Crippen molar-refractivity contribution in [2.45, 2.75) is 33.6 Å². The third-order valence-electron chi connectivity index (χ3n) is 2.82. The molecule has 1 N–H and O–H groups in total. The second-order valence-corrected chi connectivity index (χ2v) is 4.14. The first-order chi connectivity index (χ1) is 9.66. The molecule has 0 aliphatic carbocycles. The monoisotopic (exact) mass is 274 g/mol. The Morgan fingerprint density at radius 3 is 2.40 bits per heavy atom. The van der Waals surface area contributed by atoms with Crippen molar-refractivity contribution in [1.29, 1.82) is 0 Å². The first-order valence-electron chi connectivity index (χ1n) is 6.86. The summed E-state index contributed by atoms with van der Waals surface area (Å²) in [7, 11) is 1.90. The van der Waals surface area contributed by atoms with E-state index in [0.29, 0.717) is 12.8 Å². The molecule has 0 saturated carbocycles. The molecule has 1 aromatic heterocycles. The van der Waals surface area contributed by atoms with Crippen LogP contribution in [0.3, 0.4) is 0 Å². The zero-order chi connectivity index (χ0) is 15.0. The molecule has 0 aliphatic heterocycles. The maximum absolute atomic E-state index is 11.7. The Morgan fingerprint density at radius 1 is 1.20 bits per heavy atom. The van der Waals surface area contributed by atoms with E-state index in [-0.39, 0.29) is 5.91 Å². The van der Waals surface area contributed by atoms with E-state index in [1.165, 1.54) is 0 Å². The van der Waals surface area contributed by atoms with Gasteiger partial charge >= 0.3 is 0 Å². The fraction of sp³-hybridized carbons (Fsp3) is 0.400. The van der Waals surface area contributed by atoms with E-state index in [2.05, 4.69) is 15.5 Å². The fourth-order valence-corrected chi connectivity index (χ4v) is 1.64. The molecule has 2 rings (SSSR count). The standard InChI is InChI=1S/C13H16N4O.C2H6/c1-10-15-16-12(17(10)2)8-9-13(18)14-11-6-4-3-5-7-11;1-2/h3-7H,8-9H2,1-2H3,(H,14,18);1-2H3. The molecular formula is C15H22N4O. The fourth-order valence-electron chi connectivity index (χ4n) is 1.64. The Labute approximate surface area is 120 Å². The minimum Gasteiger partial charge on any atom is -0.326 e. The van der Waals surface area contributed by atoms with Crippen LogP contribution in [0.2, 0.25) is 0 Å². The third-order valence-corrected chi connectivity index (χ3v) is 2.82. The van der Waals surface area contributed by atoms with Crippen LogP contribution >= 0.6 is 0 Å². The van der Waals surface area contributed by atoms with Gasteiger partial charge in [0, 0.05) is 25.6 Å². The van der Waals surface area contributed by atoms with Crippen molar-refractivity contribution in [2.75, 3.05) is 5.32 Å². The number of aryl methyl sites for hydroxylation is 2. The zero-order valence-electron chi connectivity index (χ0n) is 12.6. The Kier molecular flexibility index (Phi) is 6.43. The third kappa shape index (κ3) is 4.50. The van der Waals surface area contributed by atoms with Crippen LogP contribution in [0.1, 0.15) is 31.9 Å². The van der Waals surface area contributed by atoms with Crippen LogP contribution in [-0.4, -0.2) is 20.7 Å². The number of rotatable bonds is 4. The van der Waals surface area contributed by atoms with E-state index < -0.39 is 0 Å². The molecule has 0 atom stereocenters. The van der Waals surface area contributed by atoms with E-state index in [4.69, 9.17) is 0 Å². The maximum atomic E-state index is 11.7. The molecule has 1 amide bonds. The molecule has 0 spiro atoms. The highest BCUT2D eigenvalue weighted by Crippen LogP contribution is 2.07. The van der Waals surface area contributed by atoms with Crippen LogP contribution in [0.15, 0.2) is 30.3 Å². The number of carbonyl (C=O) groups excluding carboxylic acids is 1. The summed E-state index contributed by atoms with van der Waals surface area (Å²) >= 11 is 0. The summed E-state index contributed by atoms with van der Waals surface area (Å²) in [5.41, 5.74) is 0.816. The molecule has 2 aromatic rings. The summed E-state index contributed by atoms with van der Waals surface area (Å²) in [6, 6.07) is 9.43. The van der Waals surface area contributed by atoms with Crippen molar-refractivity contribution in [3.63, 3.8) is 0 Å². The van der Waals surface area contributed by atoms with E-state index in [0.717, 1.165) is 17.3 Å². The molecule has 20 heavy (non-hydrogen) atoms. The second-order valence-electron chi connectivity index (χ2n) is 4.14. The van der Waals surface area contributed by atoms with E-state index in [9.17, 15) is 4.79 Å². The molecule has 0 saturated heterocycles. The van der Waals surface area contributed by atoms with Gasteiger partial charge in [-0.15, -0.1) is 10.2 Å². The molecule has 0 fully saturated rings. The SMILES string of the molecule is CC.Cc1nnc(CCC(=O)Nc2ccccc2)n1C. The first kappa shape index (κ1) is 15.9. The van der Waals surface area contributed by atoms with Gasteiger partial charge in [0.2, 0.25) is 5.91 Å². The summed E-state index contributed by atoms with van der Waals surface area (Å²) in [6.07, 6.45) is 0.997. The average Bonchev–Trinajstić information content (AvgIpc) is 2.80. The number of para-hydroxylation sites is 1. The van der Waals surface area contributed by atoms with Crippen LogP contribution < -0.4 is 5.32 Å². The second kappa shape index (κ2) is 8.09. The lowest BCUT2D eigenvalue weighted by Gasteiger charge is -2.04. The predicted molar refractivity (Wildman–Crippen MR) is 80.5 cm³/mol. The summed E-state index contributed by atoms with van der Waals surface area (Å²) in [6.45, 7) is 5.89. The predicted octanol–water partition coefficient (Wildman–Crippen LogP) is 2.72. The molecule has 1 heterocycles. The Balaban J connectivity index is 0.000000956. The van der Waals surface area contributed by atoms with Crippen LogP contribution in [0.25, 0.3) is 0 Å². The Hall–Kier alpha value is -2.17. The van der Waals surface area contributed by atoms with Crippen molar-refractivity contribution in [3.8, 4) is 0 Å². The number of hydrogen-bond donors (Lipinski definition) is 1. The molecule has 5 nitrogen and oxygen atoms in total. The number of nitrogens with one attached hydrogen (secondary N) is 1. The molecule has 0 aliphatic rings. The molecule has 108 valence electrons. The first-order valence-corrected chi connectivity index (χ1v) is 6.86. The van der Waals surface area contributed by atoms with Gasteiger partial charge < -0.3 is 9.88 Å². The Morgan fingerprint density at radius 2 is 1.85 bits per heavy atom. The van der Waals surface area contributed by atoms with Gasteiger partial charge in [-0.25, -0.2) is 0 Å². The van der Waals surface area contributed by atoms with E-state index >= 15 is 0 Å². The number of anilines is 1. The van der Waals surface area contributed by atoms with Crippen LogP contribution in [0.5, 0.6) is 0 Å². The molecule has 0 radical (unpaired) electrons. The number of hydrogen-bond acceptors (Lipinski definition) is 3. The number of amides is 1. The highest BCUT2D eigenvalue weighted by atomic mass is 16.1. The van der Waals surface area contributed by atoms with Gasteiger partial charge in [0.1, 0.15) is 11.6 Å². The van der Waals surface area contributed by atoms with Crippen LogP contribution in [-0.2, 0) is 18.3 Å². The molecule has 5 heteroatoms. The van der Waals surface area contributed by atoms with E-state index in [1.54, 1.807) is 0 Å². The van der Waals surface area contributed by atoms with Gasteiger partial charge in [-0.3, -0.25) is 4.79 Å². The molecule has 0 bridgehead atoms. The Bertz CT molecular complexity index is 534. The largest absolute Gasteiger partial charge is 0.326 e. The van der Waals surface area contributed by atoms with Gasteiger partial charge in [-0.2, -0.15) is 0 Å². The minimum atomic E-state index is -0.0122. The topological polar surface area (TPSA) is 59.8 Å². The van der Waals surface area contributed by atoms with Crippen molar-refractivity contribution in [3.05, 3.63) is 42.0 Å². The highest BCUT2D eigenvalue weighted by molar-refractivity contribution is 5.90. The smallest absolute Gasteiger partial charge is 0.224 e. The molecular weight excluding hydrogens is 252 g/mol. The lowest BCUT2D eigenvalue weighted by atomic mass is 10.2. The van der Waals surface area contributed by atoms with Gasteiger partial charge in [-0.05, 0) is 19.1 Å². The van der Waals surface area contributed by atoms with Crippen LogP contribution in [0, 0.1) is 6.92 Å². The highest BCUT2D eigenvalue weighted by Gasteiger charge is 2.08. The lowest BCUT2D eigenvalue weighted by molar-refractivity contribution is -0.116. The summed E-state index contributed by atoms with van der Waals surface area (Å²) in [4.78, 5) is 11.7. The number of benzene rings is 1. The summed E-state index contributed by atoms with van der Waals surface area (Å²) in [5, 5.41) is 10.8. The molecule has 0 unspecified atom stereocenters.